The topological polar surface area (TPSA) is 94.6 Å². The Hall–Kier alpha value is -3.14. The number of likely N-dealkylation sites (N-methyl/N-ethyl adjacent to an activating group) is 1. The van der Waals surface area contributed by atoms with E-state index in [4.69, 9.17) is 18.0 Å². The fourth-order valence-corrected chi connectivity index (χ4v) is 4.02. The Kier molecular flexibility index (Phi) is 7.43. The van der Waals surface area contributed by atoms with E-state index in [1.165, 1.54) is 0 Å². The van der Waals surface area contributed by atoms with Gasteiger partial charge in [-0.2, -0.15) is 0 Å². The van der Waals surface area contributed by atoms with E-state index >= 15 is 0 Å². The van der Waals surface area contributed by atoms with Gasteiger partial charge in [0.2, 0.25) is 5.95 Å². The van der Waals surface area contributed by atoms with Gasteiger partial charge in [0.15, 0.2) is 0 Å². The molecule has 4 rings (SSSR count). The molecule has 1 saturated heterocycles. The highest BCUT2D eigenvalue weighted by atomic mass is 32.1. The molecule has 1 aliphatic rings. The molecule has 3 aromatic rings. The molecule has 8 nitrogen and oxygen atoms in total. The Morgan fingerprint density at radius 3 is 2.45 bits per heavy atom. The molecular weight excluding hydrogens is 434 g/mol. The number of hydrogen-bond donors (Lipinski definition) is 2. The molecule has 33 heavy (non-hydrogen) atoms. The maximum Gasteiger partial charge on any atom is 0.225 e. The van der Waals surface area contributed by atoms with Crippen LogP contribution in [-0.2, 0) is 13.2 Å². The van der Waals surface area contributed by atoms with Gasteiger partial charge in [0.05, 0.1) is 11.6 Å². The summed E-state index contributed by atoms with van der Waals surface area (Å²) in [5.41, 5.74) is 9.71. The van der Waals surface area contributed by atoms with Crippen LogP contribution in [-0.4, -0.2) is 69.7 Å². The molecule has 1 aliphatic heterocycles. The van der Waals surface area contributed by atoms with Gasteiger partial charge in [-0.15, -0.1) is 0 Å². The first-order chi connectivity index (χ1) is 16.1. The summed E-state index contributed by atoms with van der Waals surface area (Å²) >= 11 is 5.29. The van der Waals surface area contributed by atoms with Crippen LogP contribution in [0.5, 0.6) is 0 Å². The molecule has 0 unspecified atom stereocenters. The number of aromatic nitrogens is 3. The predicted molar refractivity (Wildman–Crippen MR) is 135 cm³/mol. The lowest BCUT2D eigenvalue weighted by molar-refractivity contribution is 0.281. The first-order valence-corrected chi connectivity index (χ1v) is 11.4. The Balaban J connectivity index is 1.40. The van der Waals surface area contributed by atoms with Gasteiger partial charge in [0.1, 0.15) is 5.82 Å². The van der Waals surface area contributed by atoms with Crippen molar-refractivity contribution in [1.82, 2.24) is 19.9 Å². The smallest absolute Gasteiger partial charge is 0.225 e. The fourth-order valence-electron chi connectivity index (χ4n) is 3.96. The van der Waals surface area contributed by atoms with E-state index < -0.39 is 0 Å². The molecule has 0 bridgehead atoms. The van der Waals surface area contributed by atoms with Gasteiger partial charge < -0.3 is 25.5 Å². The zero-order chi connectivity index (χ0) is 23.2. The van der Waals surface area contributed by atoms with E-state index in [0.717, 1.165) is 65.2 Å². The number of piperazine rings is 1. The van der Waals surface area contributed by atoms with E-state index in [0.29, 0.717) is 13.1 Å². The van der Waals surface area contributed by atoms with Crippen LogP contribution in [0.15, 0.2) is 55.0 Å². The standard InChI is InChI=1S/C24H29N7OS/c1-29(22(33)13-25)16-18-4-2-5-19(12-18)21-14-27-24(28-15-21)31-10-8-30(9-11-31)23-20(17-32)6-3-7-26-23/h2-7,12,14-15,32H,8-11,13,16-17,25H2,1H3. The summed E-state index contributed by atoms with van der Waals surface area (Å²) in [6, 6.07) is 12.1. The van der Waals surface area contributed by atoms with Crippen LogP contribution >= 0.6 is 12.2 Å². The third-order valence-corrected chi connectivity index (χ3v) is 6.30. The summed E-state index contributed by atoms with van der Waals surface area (Å²) in [7, 11) is 1.96. The van der Waals surface area contributed by atoms with Gasteiger partial charge in [-0.1, -0.05) is 36.5 Å². The van der Waals surface area contributed by atoms with Crippen molar-refractivity contribution in [2.24, 2.45) is 5.73 Å². The minimum Gasteiger partial charge on any atom is -0.392 e. The van der Waals surface area contributed by atoms with E-state index in [1.54, 1.807) is 6.20 Å². The maximum atomic E-state index is 9.58. The van der Waals surface area contributed by atoms with E-state index in [-0.39, 0.29) is 6.61 Å². The van der Waals surface area contributed by atoms with Crippen molar-refractivity contribution in [2.45, 2.75) is 13.2 Å². The Morgan fingerprint density at radius 2 is 1.76 bits per heavy atom. The lowest BCUT2D eigenvalue weighted by atomic mass is 10.1. The molecule has 3 heterocycles. The lowest BCUT2D eigenvalue weighted by Crippen LogP contribution is -2.47. The minimum absolute atomic E-state index is 0.00878. The van der Waals surface area contributed by atoms with Gasteiger partial charge in [-0.05, 0) is 23.3 Å². The SMILES string of the molecule is CN(Cc1cccc(-c2cnc(N3CCN(c4ncccc4CO)CC3)nc2)c1)C(=S)CN. The largest absolute Gasteiger partial charge is 0.392 e. The van der Waals surface area contributed by atoms with Crippen LogP contribution in [0.25, 0.3) is 11.1 Å². The molecule has 9 heteroatoms. The van der Waals surface area contributed by atoms with E-state index in [1.807, 2.05) is 42.5 Å². The van der Waals surface area contributed by atoms with Crippen LogP contribution in [0.4, 0.5) is 11.8 Å². The van der Waals surface area contributed by atoms with Gasteiger partial charge in [-0.25, -0.2) is 15.0 Å². The van der Waals surface area contributed by atoms with Gasteiger partial charge >= 0.3 is 0 Å². The monoisotopic (exact) mass is 463 g/mol. The number of hydrogen-bond acceptors (Lipinski definition) is 8. The summed E-state index contributed by atoms with van der Waals surface area (Å²) in [5, 5.41) is 9.58. The maximum absolute atomic E-state index is 9.58. The summed E-state index contributed by atoms with van der Waals surface area (Å²) in [4.78, 5) is 20.8. The molecule has 2 aromatic heterocycles. The molecule has 0 atom stereocenters. The summed E-state index contributed by atoms with van der Waals surface area (Å²) in [6.45, 7) is 4.27. The highest BCUT2D eigenvalue weighted by Crippen LogP contribution is 2.23. The molecule has 0 saturated carbocycles. The van der Waals surface area contributed by atoms with Crippen molar-refractivity contribution in [3.8, 4) is 11.1 Å². The van der Waals surface area contributed by atoms with Crippen molar-refractivity contribution in [2.75, 3.05) is 49.6 Å². The van der Waals surface area contributed by atoms with Crippen LogP contribution in [0, 0.1) is 0 Å². The van der Waals surface area contributed by atoms with Gasteiger partial charge in [0.25, 0.3) is 0 Å². The summed E-state index contributed by atoms with van der Waals surface area (Å²) in [6.07, 6.45) is 5.53. The van der Waals surface area contributed by atoms with Crippen LogP contribution in [0.2, 0.25) is 0 Å². The van der Waals surface area contributed by atoms with Gasteiger partial charge in [0, 0.05) is 76.0 Å². The molecule has 0 spiro atoms. The average molecular weight is 464 g/mol. The Morgan fingerprint density at radius 1 is 1.03 bits per heavy atom. The second-order valence-corrected chi connectivity index (χ2v) is 8.52. The fraction of sp³-hybridized carbons (Fsp3) is 0.333. The highest BCUT2D eigenvalue weighted by Gasteiger charge is 2.21. The molecular formula is C24H29N7OS. The van der Waals surface area contributed by atoms with Crippen LogP contribution in [0.1, 0.15) is 11.1 Å². The average Bonchev–Trinajstić information content (AvgIpc) is 2.88. The van der Waals surface area contributed by atoms with E-state index in [2.05, 4.69) is 43.0 Å². The number of pyridine rings is 1. The van der Waals surface area contributed by atoms with Crippen LogP contribution in [0.3, 0.4) is 0 Å². The number of nitrogens with zero attached hydrogens (tertiary/aromatic N) is 6. The number of rotatable bonds is 7. The lowest BCUT2D eigenvalue weighted by Gasteiger charge is -2.36. The minimum atomic E-state index is -0.00878. The van der Waals surface area contributed by atoms with Crippen LogP contribution < -0.4 is 15.5 Å². The number of benzene rings is 1. The zero-order valence-corrected chi connectivity index (χ0v) is 19.6. The summed E-state index contributed by atoms with van der Waals surface area (Å²) < 4.78 is 0. The predicted octanol–water partition coefficient (Wildman–Crippen LogP) is 2.08. The van der Waals surface area contributed by atoms with Gasteiger partial charge in [-0.3, -0.25) is 0 Å². The normalized spacial score (nSPS) is 13.8. The third kappa shape index (κ3) is 5.44. The molecule has 0 aliphatic carbocycles. The zero-order valence-electron chi connectivity index (χ0n) is 18.8. The molecule has 1 aromatic carbocycles. The second kappa shape index (κ2) is 10.7. The highest BCUT2D eigenvalue weighted by molar-refractivity contribution is 7.80. The van der Waals surface area contributed by atoms with Crippen molar-refractivity contribution in [3.05, 3.63) is 66.1 Å². The number of thiocarbonyl (C=S) groups is 1. The Bertz CT molecular complexity index is 1080. The first-order valence-electron chi connectivity index (χ1n) is 11.0. The summed E-state index contributed by atoms with van der Waals surface area (Å²) in [5.74, 6) is 1.58. The van der Waals surface area contributed by atoms with Crippen molar-refractivity contribution in [1.29, 1.82) is 0 Å². The molecule has 172 valence electrons. The molecule has 0 amide bonds. The quantitative estimate of drug-likeness (QED) is 0.511. The number of aliphatic hydroxyl groups excluding tert-OH is 1. The second-order valence-electron chi connectivity index (χ2n) is 8.04. The molecule has 0 radical (unpaired) electrons. The third-order valence-electron chi connectivity index (χ3n) is 5.82. The first kappa shape index (κ1) is 23.0. The van der Waals surface area contributed by atoms with E-state index in [9.17, 15) is 5.11 Å². The van der Waals surface area contributed by atoms with Crippen molar-refractivity contribution in [3.63, 3.8) is 0 Å². The Labute approximate surface area is 199 Å². The van der Waals surface area contributed by atoms with Crippen molar-refractivity contribution >= 4 is 29.0 Å². The van der Waals surface area contributed by atoms with Crippen molar-refractivity contribution < 1.29 is 5.11 Å². The number of nitrogens with two attached hydrogens (primary N) is 1. The molecule has 3 N–H and O–H groups in total. The number of aliphatic hydroxyl groups is 1. The number of anilines is 2. The molecule has 1 fully saturated rings.